The minimum absolute atomic E-state index is 0.0647. The number of nitrogens with zero attached hydrogens (tertiary/aromatic N) is 1. The summed E-state index contributed by atoms with van der Waals surface area (Å²) in [6.45, 7) is 4.17. The summed E-state index contributed by atoms with van der Waals surface area (Å²) in [4.78, 5) is 53.2. The normalized spacial score (nSPS) is 17.3. The molecule has 1 aliphatic heterocycles. The molecule has 2 aromatic rings. The van der Waals surface area contributed by atoms with Gasteiger partial charge < -0.3 is 31.5 Å². The van der Waals surface area contributed by atoms with Crippen molar-refractivity contribution in [1.29, 1.82) is 0 Å². The lowest BCUT2D eigenvalue weighted by Crippen LogP contribution is -2.58. The Kier molecular flexibility index (Phi) is 10.4. The van der Waals surface area contributed by atoms with Gasteiger partial charge in [0, 0.05) is 19.4 Å². The van der Waals surface area contributed by atoms with Gasteiger partial charge in [-0.1, -0.05) is 56.3 Å². The van der Waals surface area contributed by atoms with Crippen LogP contribution >= 0.6 is 0 Å². The van der Waals surface area contributed by atoms with Crippen LogP contribution in [0.25, 0.3) is 0 Å². The van der Waals surface area contributed by atoms with Crippen LogP contribution in [0, 0.1) is 5.92 Å². The highest BCUT2D eigenvalue weighted by Gasteiger charge is 2.38. The monoisotopic (exact) mass is 538 g/mol. The van der Waals surface area contributed by atoms with Crippen LogP contribution in [-0.2, 0) is 32.0 Å². The summed E-state index contributed by atoms with van der Waals surface area (Å²) in [7, 11) is 0. The molecule has 10 nitrogen and oxygen atoms in total. The molecule has 6 N–H and O–H groups in total. The lowest BCUT2D eigenvalue weighted by atomic mass is 10.0. The predicted molar refractivity (Wildman–Crippen MR) is 146 cm³/mol. The van der Waals surface area contributed by atoms with Gasteiger partial charge in [0.15, 0.2) is 0 Å². The zero-order chi connectivity index (χ0) is 28.5. The first-order valence-corrected chi connectivity index (χ1v) is 13.3. The number of phenolic OH excluding ortho intramolecular Hbond substituents is 1. The number of rotatable bonds is 12. The molecule has 1 fully saturated rings. The zero-order valence-electron chi connectivity index (χ0n) is 22.4. The summed E-state index contributed by atoms with van der Waals surface area (Å²) in [6.07, 6.45) is 1.59. The number of hydrogen-bond donors (Lipinski definition) is 5. The number of benzene rings is 2. The van der Waals surface area contributed by atoms with E-state index in [1.165, 1.54) is 17.0 Å². The minimum atomic E-state index is -1.08. The third kappa shape index (κ3) is 8.54. The van der Waals surface area contributed by atoms with Gasteiger partial charge in [-0.2, -0.15) is 0 Å². The molecule has 3 amide bonds. The predicted octanol–water partition coefficient (Wildman–Crippen LogP) is 1.60. The molecule has 1 aliphatic rings. The van der Waals surface area contributed by atoms with Gasteiger partial charge in [0.25, 0.3) is 0 Å². The number of carboxylic acids is 1. The Morgan fingerprint density at radius 1 is 0.923 bits per heavy atom. The summed E-state index contributed by atoms with van der Waals surface area (Å²) in [5.74, 6) is -2.40. The fraction of sp³-hybridized carbons (Fsp3) is 0.448. The fourth-order valence-corrected chi connectivity index (χ4v) is 4.78. The van der Waals surface area contributed by atoms with Crippen molar-refractivity contribution in [2.45, 2.75) is 70.1 Å². The molecule has 2 aromatic carbocycles. The molecule has 10 heteroatoms. The number of aliphatic carboxylic acids is 1. The van der Waals surface area contributed by atoms with Crippen LogP contribution < -0.4 is 16.4 Å². The van der Waals surface area contributed by atoms with E-state index in [9.17, 15) is 29.4 Å². The van der Waals surface area contributed by atoms with Gasteiger partial charge in [-0.25, -0.2) is 4.79 Å². The van der Waals surface area contributed by atoms with E-state index in [-0.39, 0.29) is 31.1 Å². The Balaban J connectivity index is 1.86. The van der Waals surface area contributed by atoms with Crippen molar-refractivity contribution < 1.29 is 29.4 Å². The number of nitrogens with one attached hydrogen (secondary N) is 2. The number of carbonyl (C=O) groups is 4. The molecular weight excluding hydrogens is 500 g/mol. The zero-order valence-corrected chi connectivity index (χ0v) is 22.4. The smallest absolute Gasteiger partial charge is 0.326 e. The van der Waals surface area contributed by atoms with Gasteiger partial charge in [-0.15, -0.1) is 0 Å². The molecule has 39 heavy (non-hydrogen) atoms. The quantitative estimate of drug-likeness (QED) is 0.274. The van der Waals surface area contributed by atoms with Crippen molar-refractivity contribution in [1.82, 2.24) is 15.5 Å². The lowest BCUT2D eigenvalue weighted by Gasteiger charge is -2.29. The van der Waals surface area contributed by atoms with Crippen molar-refractivity contribution in [2.24, 2.45) is 11.7 Å². The number of carbonyl (C=O) groups excluding carboxylic acids is 3. The van der Waals surface area contributed by atoms with Crippen molar-refractivity contribution >= 4 is 23.7 Å². The molecule has 1 heterocycles. The van der Waals surface area contributed by atoms with Gasteiger partial charge in [0.1, 0.15) is 23.9 Å². The summed E-state index contributed by atoms with van der Waals surface area (Å²) < 4.78 is 0. The lowest BCUT2D eigenvalue weighted by molar-refractivity contribution is -0.149. The van der Waals surface area contributed by atoms with Crippen LogP contribution in [-0.4, -0.2) is 69.5 Å². The van der Waals surface area contributed by atoms with Crippen molar-refractivity contribution in [2.75, 3.05) is 6.54 Å². The molecule has 4 unspecified atom stereocenters. The minimum Gasteiger partial charge on any atom is -0.508 e. The van der Waals surface area contributed by atoms with Gasteiger partial charge in [0.2, 0.25) is 17.7 Å². The third-order valence-corrected chi connectivity index (χ3v) is 6.79. The molecule has 3 rings (SSSR count). The highest BCUT2D eigenvalue weighted by Crippen LogP contribution is 2.20. The summed E-state index contributed by atoms with van der Waals surface area (Å²) in [5.41, 5.74) is 7.54. The van der Waals surface area contributed by atoms with Crippen LogP contribution in [0.4, 0.5) is 0 Å². The highest BCUT2D eigenvalue weighted by atomic mass is 16.4. The van der Waals surface area contributed by atoms with E-state index in [1.54, 1.807) is 12.1 Å². The summed E-state index contributed by atoms with van der Waals surface area (Å²) >= 11 is 0. The molecule has 210 valence electrons. The van der Waals surface area contributed by atoms with Gasteiger partial charge in [-0.05, 0) is 48.4 Å². The molecule has 0 bridgehead atoms. The van der Waals surface area contributed by atoms with E-state index in [2.05, 4.69) is 10.6 Å². The van der Waals surface area contributed by atoms with Crippen molar-refractivity contribution in [3.8, 4) is 5.75 Å². The maximum absolute atomic E-state index is 13.6. The van der Waals surface area contributed by atoms with Gasteiger partial charge in [0.05, 0.1) is 6.04 Å². The maximum Gasteiger partial charge on any atom is 0.326 e. The van der Waals surface area contributed by atoms with E-state index < -0.39 is 47.9 Å². The molecule has 0 spiro atoms. The average Bonchev–Trinajstić information content (AvgIpc) is 3.39. The van der Waals surface area contributed by atoms with Crippen LogP contribution in [0.3, 0.4) is 0 Å². The maximum atomic E-state index is 13.6. The summed E-state index contributed by atoms with van der Waals surface area (Å²) in [6, 6.07) is 11.5. The number of phenols is 1. The van der Waals surface area contributed by atoms with E-state index >= 15 is 0 Å². The molecule has 1 saturated heterocycles. The molecule has 0 aliphatic carbocycles. The molecular formula is C29H38N4O6. The van der Waals surface area contributed by atoms with E-state index in [0.717, 1.165) is 5.56 Å². The number of aromatic hydroxyl groups is 1. The first kappa shape index (κ1) is 29.6. The average molecular weight is 539 g/mol. The Morgan fingerprint density at radius 2 is 1.51 bits per heavy atom. The van der Waals surface area contributed by atoms with E-state index in [4.69, 9.17) is 5.73 Å². The number of likely N-dealkylation sites (tertiary alicyclic amines) is 1. The van der Waals surface area contributed by atoms with Crippen LogP contribution in [0.1, 0.15) is 44.2 Å². The first-order chi connectivity index (χ1) is 18.5. The van der Waals surface area contributed by atoms with Crippen LogP contribution in [0.15, 0.2) is 54.6 Å². The first-order valence-electron chi connectivity index (χ1n) is 13.3. The van der Waals surface area contributed by atoms with Gasteiger partial charge >= 0.3 is 5.97 Å². The highest BCUT2D eigenvalue weighted by molar-refractivity contribution is 5.94. The summed E-state index contributed by atoms with van der Waals surface area (Å²) in [5, 5.41) is 24.8. The second-order valence-corrected chi connectivity index (χ2v) is 10.4. The largest absolute Gasteiger partial charge is 0.508 e. The van der Waals surface area contributed by atoms with E-state index in [1.807, 2.05) is 44.2 Å². The second-order valence-electron chi connectivity index (χ2n) is 10.4. The van der Waals surface area contributed by atoms with Gasteiger partial charge in [-0.3, -0.25) is 14.4 Å². The van der Waals surface area contributed by atoms with Crippen molar-refractivity contribution in [3.63, 3.8) is 0 Å². The topological polar surface area (TPSA) is 162 Å². The van der Waals surface area contributed by atoms with Crippen LogP contribution in [0.5, 0.6) is 5.75 Å². The fourth-order valence-electron chi connectivity index (χ4n) is 4.78. The number of amides is 3. The van der Waals surface area contributed by atoms with Crippen LogP contribution in [0.2, 0.25) is 0 Å². The molecule has 0 saturated carbocycles. The molecule has 0 aromatic heterocycles. The molecule has 4 atom stereocenters. The number of nitrogens with two attached hydrogens (primary N) is 1. The Bertz CT molecular complexity index is 1140. The number of carboxylic acid groups (broad SMARTS) is 1. The molecule has 0 radical (unpaired) electrons. The van der Waals surface area contributed by atoms with E-state index in [0.29, 0.717) is 24.8 Å². The number of hydrogen-bond acceptors (Lipinski definition) is 6. The van der Waals surface area contributed by atoms with Crippen molar-refractivity contribution in [3.05, 3.63) is 65.7 Å². The standard InChI is InChI=1S/C29H38N4O6/c1-18(2)15-22(30)26(35)31-23(16-20-10-12-21(34)13-11-20)27(36)32-24(17-19-7-4-3-5-8-19)28(37)33-14-6-9-25(33)29(38)39/h3-5,7-8,10-13,18,22-25,34H,6,9,14-17,30H2,1-2H3,(H,31,35)(H,32,36)(H,38,39). The Hall–Kier alpha value is -3.92. The SMILES string of the molecule is CC(C)CC(N)C(=O)NC(Cc1ccc(O)cc1)C(=O)NC(Cc1ccccc1)C(=O)N1CCCC1C(=O)O. The third-order valence-electron chi connectivity index (χ3n) is 6.79. The Morgan fingerprint density at radius 3 is 2.13 bits per heavy atom. The second kappa shape index (κ2) is 13.7. The Labute approximate surface area is 228 Å².